The Morgan fingerprint density at radius 1 is 1.30 bits per heavy atom. The topological polar surface area (TPSA) is 75.6 Å². The van der Waals surface area contributed by atoms with Crippen molar-refractivity contribution in [3.8, 4) is 5.75 Å². The lowest BCUT2D eigenvalue weighted by Crippen LogP contribution is -2.38. The molecule has 1 aromatic rings. The summed E-state index contributed by atoms with van der Waals surface area (Å²) in [7, 11) is -2.19. The molecular weight excluding hydrogens is 346 g/mol. The van der Waals surface area contributed by atoms with Gasteiger partial charge in [0.15, 0.2) is 0 Å². The molecule has 112 valence electrons. The number of aliphatic hydroxyl groups excluding tert-OH is 1. The maximum Gasteiger partial charge on any atom is 0.244 e. The van der Waals surface area contributed by atoms with Crippen molar-refractivity contribution in [3.63, 3.8) is 0 Å². The molecule has 1 aliphatic rings. The smallest absolute Gasteiger partial charge is 0.244 e. The second-order valence-corrected chi connectivity index (χ2v) is 7.52. The standard InChI is InChI=1S/C13H18BrNO4S/c1-19-12-7-2-9(14)8-13(12)20(17,18)15-10-3-5-11(16)6-4-10/h2,7-8,10-11,15-16H,3-6H2,1H3/t10-,11-. The first-order chi connectivity index (χ1) is 9.42. The van der Waals surface area contributed by atoms with E-state index in [2.05, 4.69) is 20.7 Å². The summed E-state index contributed by atoms with van der Waals surface area (Å²) in [5, 5.41) is 9.46. The summed E-state index contributed by atoms with van der Waals surface area (Å²) in [5.41, 5.74) is 0. The molecule has 5 nitrogen and oxygen atoms in total. The van der Waals surface area contributed by atoms with Crippen LogP contribution in [0.15, 0.2) is 27.6 Å². The molecular formula is C13H18BrNO4S. The third kappa shape index (κ3) is 3.72. The molecule has 0 aromatic heterocycles. The van der Waals surface area contributed by atoms with Crippen molar-refractivity contribution in [2.24, 2.45) is 0 Å². The van der Waals surface area contributed by atoms with Gasteiger partial charge in [-0.1, -0.05) is 15.9 Å². The molecule has 1 fully saturated rings. The van der Waals surface area contributed by atoms with Gasteiger partial charge in [0.05, 0.1) is 13.2 Å². The maximum absolute atomic E-state index is 12.4. The van der Waals surface area contributed by atoms with Crippen LogP contribution >= 0.6 is 15.9 Å². The fourth-order valence-electron chi connectivity index (χ4n) is 2.34. The SMILES string of the molecule is COc1ccc(Br)cc1S(=O)(=O)N[C@H]1CC[C@H](O)CC1. The summed E-state index contributed by atoms with van der Waals surface area (Å²) in [6, 6.07) is 4.74. The number of ether oxygens (including phenoxy) is 1. The third-order valence-corrected chi connectivity index (χ3v) is 5.47. The number of hydrogen-bond donors (Lipinski definition) is 2. The molecule has 7 heteroatoms. The molecule has 0 spiro atoms. The Kier molecular flexibility index (Phi) is 5.06. The first-order valence-corrected chi connectivity index (χ1v) is 8.74. The fraction of sp³-hybridized carbons (Fsp3) is 0.538. The highest BCUT2D eigenvalue weighted by molar-refractivity contribution is 9.10. The van der Waals surface area contributed by atoms with Crippen molar-refractivity contribution in [1.29, 1.82) is 0 Å². The van der Waals surface area contributed by atoms with Gasteiger partial charge in [0.1, 0.15) is 10.6 Å². The molecule has 2 rings (SSSR count). The molecule has 1 saturated carbocycles. The third-order valence-electron chi connectivity index (χ3n) is 3.43. The molecule has 0 atom stereocenters. The highest BCUT2D eigenvalue weighted by Crippen LogP contribution is 2.28. The van der Waals surface area contributed by atoms with E-state index in [1.54, 1.807) is 12.1 Å². The van der Waals surface area contributed by atoms with Crippen LogP contribution in [0.1, 0.15) is 25.7 Å². The molecule has 0 amide bonds. The average Bonchev–Trinajstić information content (AvgIpc) is 2.41. The summed E-state index contributed by atoms with van der Waals surface area (Å²) < 4.78 is 33.4. The van der Waals surface area contributed by atoms with Crippen LogP contribution < -0.4 is 9.46 Å². The van der Waals surface area contributed by atoms with Gasteiger partial charge in [-0.05, 0) is 43.9 Å². The molecule has 2 N–H and O–H groups in total. The van der Waals surface area contributed by atoms with E-state index < -0.39 is 10.0 Å². The largest absolute Gasteiger partial charge is 0.495 e. The monoisotopic (exact) mass is 363 g/mol. The minimum Gasteiger partial charge on any atom is -0.495 e. The van der Waals surface area contributed by atoms with Gasteiger partial charge >= 0.3 is 0 Å². The molecule has 1 aromatic carbocycles. The predicted molar refractivity (Wildman–Crippen MR) is 79.3 cm³/mol. The molecule has 0 aliphatic heterocycles. The molecule has 0 bridgehead atoms. The van der Waals surface area contributed by atoms with Crippen LogP contribution in [0.5, 0.6) is 5.75 Å². The van der Waals surface area contributed by atoms with E-state index in [1.165, 1.54) is 13.2 Å². The van der Waals surface area contributed by atoms with Crippen molar-refractivity contribution >= 4 is 26.0 Å². The number of methoxy groups -OCH3 is 1. The van der Waals surface area contributed by atoms with Gasteiger partial charge in [0.2, 0.25) is 10.0 Å². The lowest BCUT2D eigenvalue weighted by Gasteiger charge is -2.26. The lowest BCUT2D eigenvalue weighted by molar-refractivity contribution is 0.120. The Hall–Kier alpha value is -0.630. The van der Waals surface area contributed by atoms with Crippen LogP contribution in [0.25, 0.3) is 0 Å². The summed E-state index contributed by atoms with van der Waals surface area (Å²) >= 11 is 3.27. The van der Waals surface area contributed by atoms with E-state index in [4.69, 9.17) is 4.74 Å². The number of benzene rings is 1. The number of halogens is 1. The van der Waals surface area contributed by atoms with Crippen LogP contribution in [0.2, 0.25) is 0 Å². The van der Waals surface area contributed by atoms with Gasteiger partial charge in [-0.15, -0.1) is 0 Å². The van der Waals surface area contributed by atoms with Gasteiger partial charge < -0.3 is 9.84 Å². The minimum absolute atomic E-state index is 0.125. The van der Waals surface area contributed by atoms with Crippen molar-refractivity contribution in [2.45, 2.75) is 42.7 Å². The van der Waals surface area contributed by atoms with Crippen LogP contribution in [-0.4, -0.2) is 32.8 Å². The quantitative estimate of drug-likeness (QED) is 0.858. The van der Waals surface area contributed by atoms with Gasteiger partial charge in [-0.3, -0.25) is 0 Å². The van der Waals surface area contributed by atoms with Crippen molar-refractivity contribution in [2.75, 3.05) is 7.11 Å². The van der Waals surface area contributed by atoms with Crippen molar-refractivity contribution in [3.05, 3.63) is 22.7 Å². The first-order valence-electron chi connectivity index (χ1n) is 6.46. The lowest BCUT2D eigenvalue weighted by atomic mass is 9.94. The van der Waals surface area contributed by atoms with E-state index in [9.17, 15) is 13.5 Å². The summed E-state index contributed by atoms with van der Waals surface area (Å²) in [4.78, 5) is 0.125. The minimum atomic E-state index is -3.63. The zero-order valence-corrected chi connectivity index (χ0v) is 13.6. The highest BCUT2D eigenvalue weighted by Gasteiger charge is 2.26. The normalized spacial score (nSPS) is 23.6. The highest BCUT2D eigenvalue weighted by atomic mass is 79.9. The Balaban J connectivity index is 2.20. The molecule has 1 aliphatic carbocycles. The van der Waals surface area contributed by atoms with Crippen LogP contribution in [0.4, 0.5) is 0 Å². The van der Waals surface area contributed by atoms with Gasteiger partial charge in [0.25, 0.3) is 0 Å². The van der Waals surface area contributed by atoms with Crippen LogP contribution in [0, 0.1) is 0 Å². The number of sulfonamides is 1. The molecule has 0 heterocycles. The van der Waals surface area contributed by atoms with E-state index in [-0.39, 0.29) is 17.0 Å². The van der Waals surface area contributed by atoms with Gasteiger partial charge in [0, 0.05) is 10.5 Å². The maximum atomic E-state index is 12.4. The van der Waals surface area contributed by atoms with Crippen LogP contribution in [-0.2, 0) is 10.0 Å². The van der Waals surface area contributed by atoms with E-state index in [1.807, 2.05) is 0 Å². The van der Waals surface area contributed by atoms with Crippen LogP contribution in [0.3, 0.4) is 0 Å². The molecule has 0 unspecified atom stereocenters. The fourth-order valence-corrected chi connectivity index (χ4v) is 4.35. The zero-order valence-electron chi connectivity index (χ0n) is 11.2. The number of hydrogen-bond acceptors (Lipinski definition) is 4. The Bertz CT molecular complexity index is 568. The zero-order chi connectivity index (χ0) is 14.8. The second-order valence-electron chi connectivity index (χ2n) is 4.92. The number of rotatable bonds is 4. The molecule has 0 saturated heterocycles. The summed E-state index contributed by atoms with van der Waals surface area (Å²) in [6.45, 7) is 0. The van der Waals surface area contributed by atoms with Crippen molar-refractivity contribution < 1.29 is 18.3 Å². The number of nitrogens with one attached hydrogen (secondary N) is 1. The molecule has 0 radical (unpaired) electrons. The number of aliphatic hydroxyl groups is 1. The van der Waals surface area contributed by atoms with Gasteiger partial charge in [-0.2, -0.15) is 0 Å². The first kappa shape index (κ1) is 15.8. The Morgan fingerprint density at radius 2 is 1.95 bits per heavy atom. The van der Waals surface area contributed by atoms with Crippen molar-refractivity contribution in [1.82, 2.24) is 4.72 Å². The van der Waals surface area contributed by atoms with Gasteiger partial charge in [-0.25, -0.2) is 13.1 Å². The Morgan fingerprint density at radius 3 is 2.55 bits per heavy atom. The van der Waals surface area contributed by atoms with E-state index in [0.717, 1.165) is 0 Å². The molecule has 20 heavy (non-hydrogen) atoms. The van der Waals surface area contributed by atoms with E-state index in [0.29, 0.717) is 35.9 Å². The summed E-state index contributed by atoms with van der Waals surface area (Å²) in [5.74, 6) is 0.316. The van der Waals surface area contributed by atoms with E-state index >= 15 is 0 Å². The average molecular weight is 364 g/mol. The Labute approximate surface area is 127 Å². The summed E-state index contributed by atoms with van der Waals surface area (Å²) in [6.07, 6.45) is 2.25. The second kappa shape index (κ2) is 6.43. The predicted octanol–water partition coefficient (Wildman–Crippen LogP) is 2.04.